The Morgan fingerprint density at radius 1 is 1.35 bits per heavy atom. The largest absolute Gasteiger partial charge is 0.491 e. The average molecular weight is 331 g/mol. The van der Waals surface area contributed by atoms with Crippen molar-refractivity contribution in [2.75, 3.05) is 11.9 Å². The van der Waals surface area contributed by atoms with E-state index in [1.807, 2.05) is 6.92 Å². The Bertz CT molecular complexity index is 615. The zero-order valence-corrected chi connectivity index (χ0v) is 12.3. The summed E-state index contributed by atoms with van der Waals surface area (Å²) in [5, 5.41) is 11.2. The molecule has 1 aromatic rings. The van der Waals surface area contributed by atoms with Crippen LogP contribution in [0, 0.1) is 11.8 Å². The average Bonchev–Trinajstić information content (AvgIpc) is 3.25. The van der Waals surface area contributed by atoms with Crippen molar-refractivity contribution in [1.82, 2.24) is 0 Å². The Hall–Kier alpha value is -2.25. The zero-order chi connectivity index (χ0) is 17.2. The Kier molecular flexibility index (Phi) is 4.82. The number of carboxylic acids is 1. The molecule has 5 nitrogen and oxygen atoms in total. The molecular weight excluding hydrogens is 315 g/mol. The van der Waals surface area contributed by atoms with E-state index in [-0.39, 0.29) is 24.5 Å². The van der Waals surface area contributed by atoms with E-state index in [9.17, 15) is 22.8 Å². The highest BCUT2D eigenvalue weighted by Gasteiger charge is 2.48. The van der Waals surface area contributed by atoms with Crippen LogP contribution in [0.3, 0.4) is 0 Å². The van der Waals surface area contributed by atoms with E-state index in [2.05, 4.69) is 5.32 Å². The van der Waals surface area contributed by atoms with Crippen LogP contribution >= 0.6 is 0 Å². The van der Waals surface area contributed by atoms with Gasteiger partial charge in [-0.3, -0.25) is 9.59 Å². The predicted octanol–water partition coefficient (Wildman–Crippen LogP) is 3.15. The van der Waals surface area contributed by atoms with Gasteiger partial charge in [-0.15, -0.1) is 0 Å². The molecule has 1 fully saturated rings. The number of carboxylic acid groups (broad SMARTS) is 1. The van der Waals surface area contributed by atoms with E-state index in [0.717, 1.165) is 18.2 Å². The van der Waals surface area contributed by atoms with Gasteiger partial charge >= 0.3 is 12.1 Å². The molecule has 0 aromatic heterocycles. The number of anilines is 1. The molecule has 8 heteroatoms. The quantitative estimate of drug-likeness (QED) is 0.840. The van der Waals surface area contributed by atoms with Gasteiger partial charge in [0.05, 0.1) is 29.7 Å². The highest BCUT2D eigenvalue weighted by atomic mass is 19.4. The van der Waals surface area contributed by atoms with Crippen molar-refractivity contribution in [1.29, 1.82) is 0 Å². The van der Waals surface area contributed by atoms with Crippen molar-refractivity contribution >= 4 is 17.6 Å². The molecule has 1 aliphatic carbocycles. The molecule has 2 unspecified atom stereocenters. The van der Waals surface area contributed by atoms with Gasteiger partial charge in [0.1, 0.15) is 5.75 Å². The van der Waals surface area contributed by atoms with Gasteiger partial charge in [0.15, 0.2) is 0 Å². The minimum atomic E-state index is -4.55. The molecule has 0 aliphatic heterocycles. The zero-order valence-electron chi connectivity index (χ0n) is 12.3. The van der Waals surface area contributed by atoms with Crippen molar-refractivity contribution in [3.63, 3.8) is 0 Å². The maximum absolute atomic E-state index is 12.8. The van der Waals surface area contributed by atoms with E-state index >= 15 is 0 Å². The molecular formula is C15H16F3NO4. The van der Waals surface area contributed by atoms with E-state index in [4.69, 9.17) is 9.84 Å². The first-order valence-electron chi connectivity index (χ1n) is 7.11. The van der Waals surface area contributed by atoms with E-state index in [0.29, 0.717) is 6.42 Å². The van der Waals surface area contributed by atoms with E-state index in [1.54, 1.807) is 0 Å². The van der Waals surface area contributed by atoms with Crippen LogP contribution in [0.5, 0.6) is 5.75 Å². The van der Waals surface area contributed by atoms with Crippen molar-refractivity contribution in [3.8, 4) is 5.75 Å². The third-order valence-corrected chi connectivity index (χ3v) is 3.47. The van der Waals surface area contributed by atoms with Crippen molar-refractivity contribution < 1.29 is 32.6 Å². The molecule has 126 valence electrons. The maximum Gasteiger partial charge on any atom is 0.416 e. The van der Waals surface area contributed by atoms with Crippen LogP contribution in [-0.2, 0) is 15.8 Å². The minimum Gasteiger partial charge on any atom is -0.491 e. The number of amides is 1. The first kappa shape index (κ1) is 17.1. The number of nitrogens with one attached hydrogen (secondary N) is 1. The van der Waals surface area contributed by atoms with Crippen LogP contribution in [-0.4, -0.2) is 23.6 Å². The summed E-state index contributed by atoms with van der Waals surface area (Å²) in [6.45, 7) is 2.12. The van der Waals surface area contributed by atoms with Gasteiger partial charge in [-0.25, -0.2) is 0 Å². The van der Waals surface area contributed by atoms with Crippen LogP contribution in [0.15, 0.2) is 18.2 Å². The lowest BCUT2D eigenvalue weighted by molar-refractivity contribution is -0.139. The number of hydrogen-bond donors (Lipinski definition) is 2. The number of aliphatic carboxylic acids is 1. The van der Waals surface area contributed by atoms with Crippen LogP contribution in [0.25, 0.3) is 0 Å². The van der Waals surface area contributed by atoms with Gasteiger partial charge in [0.2, 0.25) is 5.91 Å². The number of benzene rings is 1. The SMILES string of the molecule is CCCOc1ccc(C(F)(F)F)cc1NC(=O)C1CC1C(=O)O. The van der Waals surface area contributed by atoms with Gasteiger partial charge in [-0.05, 0) is 31.0 Å². The fourth-order valence-corrected chi connectivity index (χ4v) is 2.13. The monoisotopic (exact) mass is 331 g/mol. The summed E-state index contributed by atoms with van der Waals surface area (Å²) in [6, 6.07) is 2.81. The number of rotatable bonds is 6. The maximum atomic E-state index is 12.8. The highest BCUT2D eigenvalue weighted by molar-refractivity contribution is 5.99. The summed E-state index contributed by atoms with van der Waals surface area (Å²) >= 11 is 0. The lowest BCUT2D eigenvalue weighted by Gasteiger charge is -2.15. The van der Waals surface area contributed by atoms with Crippen LogP contribution in [0.4, 0.5) is 18.9 Å². The number of hydrogen-bond acceptors (Lipinski definition) is 3. The highest BCUT2D eigenvalue weighted by Crippen LogP contribution is 2.41. The summed E-state index contributed by atoms with van der Waals surface area (Å²) in [4.78, 5) is 22.7. The second-order valence-electron chi connectivity index (χ2n) is 5.33. The Balaban J connectivity index is 2.19. The second kappa shape index (κ2) is 6.47. The number of alkyl halides is 3. The van der Waals surface area contributed by atoms with Gasteiger partial charge in [-0.2, -0.15) is 13.2 Å². The number of carbonyl (C=O) groups excluding carboxylic acids is 1. The molecule has 2 rings (SSSR count). The molecule has 1 aliphatic rings. The smallest absolute Gasteiger partial charge is 0.416 e. The molecule has 23 heavy (non-hydrogen) atoms. The van der Waals surface area contributed by atoms with Crippen LogP contribution in [0.2, 0.25) is 0 Å². The molecule has 1 amide bonds. The second-order valence-corrected chi connectivity index (χ2v) is 5.33. The predicted molar refractivity (Wildman–Crippen MR) is 75.1 cm³/mol. The van der Waals surface area contributed by atoms with Gasteiger partial charge in [-0.1, -0.05) is 6.92 Å². The lowest BCUT2D eigenvalue weighted by Crippen LogP contribution is -2.18. The van der Waals surface area contributed by atoms with Gasteiger partial charge < -0.3 is 15.2 Å². The topological polar surface area (TPSA) is 75.6 Å². The van der Waals surface area contributed by atoms with Crippen molar-refractivity contribution in [2.24, 2.45) is 11.8 Å². The molecule has 0 spiro atoms. The fourth-order valence-electron chi connectivity index (χ4n) is 2.13. The summed E-state index contributed by atoms with van der Waals surface area (Å²) < 4.78 is 43.7. The summed E-state index contributed by atoms with van der Waals surface area (Å²) in [5.41, 5.74) is -1.02. The molecule has 1 aromatic carbocycles. The van der Waals surface area contributed by atoms with E-state index < -0.39 is 35.5 Å². The van der Waals surface area contributed by atoms with E-state index in [1.165, 1.54) is 0 Å². The summed E-state index contributed by atoms with van der Waals surface area (Å²) in [7, 11) is 0. The van der Waals surface area contributed by atoms with Crippen LogP contribution < -0.4 is 10.1 Å². The lowest BCUT2D eigenvalue weighted by atomic mass is 10.1. The first-order chi connectivity index (χ1) is 10.7. The third kappa shape index (κ3) is 4.14. The molecule has 0 bridgehead atoms. The Morgan fingerprint density at radius 2 is 2.04 bits per heavy atom. The van der Waals surface area contributed by atoms with Gasteiger partial charge in [0.25, 0.3) is 0 Å². The molecule has 0 saturated heterocycles. The molecule has 2 N–H and O–H groups in total. The van der Waals surface area contributed by atoms with Crippen LogP contribution in [0.1, 0.15) is 25.3 Å². The molecule has 0 radical (unpaired) electrons. The molecule has 2 atom stereocenters. The third-order valence-electron chi connectivity index (χ3n) is 3.47. The molecule has 0 heterocycles. The first-order valence-corrected chi connectivity index (χ1v) is 7.11. The standard InChI is InChI=1S/C15H16F3NO4/c1-2-5-23-12-4-3-8(15(16,17)18)6-11(12)19-13(20)9-7-10(9)14(21)22/h3-4,6,9-10H,2,5,7H2,1H3,(H,19,20)(H,21,22). The number of carbonyl (C=O) groups is 2. The fraction of sp³-hybridized carbons (Fsp3) is 0.467. The van der Waals surface area contributed by atoms with Crippen molar-refractivity contribution in [3.05, 3.63) is 23.8 Å². The normalized spacial score (nSPS) is 20.0. The Labute approximate surface area is 130 Å². The number of halogens is 3. The Morgan fingerprint density at radius 3 is 2.57 bits per heavy atom. The number of ether oxygens (including phenoxy) is 1. The molecule has 1 saturated carbocycles. The van der Waals surface area contributed by atoms with Gasteiger partial charge in [0, 0.05) is 0 Å². The minimum absolute atomic E-state index is 0.102. The summed E-state index contributed by atoms with van der Waals surface area (Å²) in [6.07, 6.45) is -3.71. The van der Waals surface area contributed by atoms with Crippen molar-refractivity contribution in [2.45, 2.75) is 25.9 Å². The summed E-state index contributed by atoms with van der Waals surface area (Å²) in [5.74, 6) is -3.07.